The second-order valence-corrected chi connectivity index (χ2v) is 7.62. The van der Waals surface area contributed by atoms with E-state index in [9.17, 15) is 0 Å². The molecule has 0 bridgehead atoms. The van der Waals surface area contributed by atoms with E-state index in [1.54, 1.807) is 0 Å². The van der Waals surface area contributed by atoms with Crippen molar-refractivity contribution < 1.29 is 0 Å². The monoisotopic (exact) mass is 395 g/mol. The summed E-state index contributed by atoms with van der Waals surface area (Å²) in [6, 6.07) is 14.9. The van der Waals surface area contributed by atoms with Crippen molar-refractivity contribution in [3.8, 4) is 16.9 Å². The third-order valence-corrected chi connectivity index (χ3v) is 5.53. The van der Waals surface area contributed by atoms with E-state index >= 15 is 0 Å². The molecule has 0 radical (unpaired) electrons. The van der Waals surface area contributed by atoms with Gasteiger partial charge in [0.1, 0.15) is 5.82 Å². The van der Waals surface area contributed by atoms with Crippen LogP contribution in [0.25, 0.3) is 16.9 Å². The molecule has 25 heavy (non-hydrogen) atoms. The van der Waals surface area contributed by atoms with Gasteiger partial charge in [-0.05, 0) is 62.4 Å². The van der Waals surface area contributed by atoms with Crippen LogP contribution in [-0.2, 0) is 6.42 Å². The van der Waals surface area contributed by atoms with Crippen LogP contribution in [0, 0.1) is 13.8 Å². The summed E-state index contributed by atoms with van der Waals surface area (Å²) in [4.78, 5) is 0. The van der Waals surface area contributed by atoms with Crippen LogP contribution in [0.3, 0.4) is 0 Å². The molecule has 2 aromatic carbocycles. The lowest BCUT2D eigenvalue weighted by Gasteiger charge is -2.13. The minimum Gasteiger partial charge on any atom is -0.370 e. The predicted octanol–water partition coefficient (Wildman–Crippen LogP) is 5.67. The fourth-order valence-corrected chi connectivity index (χ4v) is 3.91. The van der Waals surface area contributed by atoms with Crippen LogP contribution in [0.5, 0.6) is 0 Å². The zero-order chi connectivity index (χ0) is 17.4. The Kier molecular flexibility index (Phi) is 4.38. The van der Waals surface area contributed by atoms with Crippen LogP contribution < -0.4 is 5.32 Å². The number of aryl methyl sites for hydroxylation is 1. The molecule has 2 heterocycles. The molecular weight excluding hydrogens is 374 g/mol. The molecule has 4 rings (SSSR count). The SMILES string of the molecule is Cc1cccc(-n2nc(-c3cccc(Br)c3)c3c2NCCCC3)c1C. The number of nitrogens with one attached hydrogen (secondary N) is 1. The van der Waals surface area contributed by atoms with Crippen molar-refractivity contribution in [1.29, 1.82) is 0 Å². The molecule has 0 amide bonds. The number of fused-ring (bicyclic) bond motifs is 1. The average molecular weight is 396 g/mol. The summed E-state index contributed by atoms with van der Waals surface area (Å²) in [5.74, 6) is 1.15. The van der Waals surface area contributed by atoms with Crippen LogP contribution in [0.4, 0.5) is 5.82 Å². The molecule has 3 nitrogen and oxygen atoms in total. The predicted molar refractivity (Wildman–Crippen MR) is 108 cm³/mol. The maximum Gasteiger partial charge on any atom is 0.133 e. The summed E-state index contributed by atoms with van der Waals surface area (Å²) in [6.07, 6.45) is 3.45. The number of rotatable bonds is 2. The van der Waals surface area contributed by atoms with Crippen molar-refractivity contribution in [2.45, 2.75) is 33.1 Å². The van der Waals surface area contributed by atoms with Gasteiger partial charge in [-0.25, -0.2) is 4.68 Å². The highest BCUT2D eigenvalue weighted by molar-refractivity contribution is 9.10. The number of benzene rings is 2. The Hall–Kier alpha value is -2.07. The highest BCUT2D eigenvalue weighted by Crippen LogP contribution is 2.35. The first kappa shape index (κ1) is 16.4. The quantitative estimate of drug-likeness (QED) is 0.605. The van der Waals surface area contributed by atoms with E-state index in [2.05, 4.69) is 82.2 Å². The molecule has 0 atom stereocenters. The zero-order valence-corrected chi connectivity index (χ0v) is 16.2. The molecule has 0 saturated heterocycles. The zero-order valence-electron chi connectivity index (χ0n) is 14.6. The lowest BCUT2D eigenvalue weighted by molar-refractivity contribution is 0.779. The number of anilines is 1. The maximum atomic E-state index is 5.05. The lowest BCUT2D eigenvalue weighted by Crippen LogP contribution is -2.08. The third-order valence-electron chi connectivity index (χ3n) is 5.03. The summed E-state index contributed by atoms with van der Waals surface area (Å²) in [7, 11) is 0. The van der Waals surface area contributed by atoms with E-state index in [1.165, 1.54) is 35.1 Å². The first-order valence-corrected chi connectivity index (χ1v) is 9.63. The topological polar surface area (TPSA) is 29.9 Å². The van der Waals surface area contributed by atoms with Gasteiger partial charge >= 0.3 is 0 Å². The van der Waals surface area contributed by atoms with Crippen LogP contribution in [-0.4, -0.2) is 16.3 Å². The largest absolute Gasteiger partial charge is 0.370 e. The Bertz CT molecular complexity index is 927. The summed E-state index contributed by atoms with van der Waals surface area (Å²) >= 11 is 3.59. The van der Waals surface area contributed by atoms with Gasteiger partial charge in [-0.1, -0.05) is 40.2 Å². The van der Waals surface area contributed by atoms with Crippen molar-refractivity contribution in [1.82, 2.24) is 9.78 Å². The van der Waals surface area contributed by atoms with E-state index in [0.29, 0.717) is 0 Å². The molecule has 0 unspecified atom stereocenters. The van der Waals surface area contributed by atoms with Gasteiger partial charge in [-0.15, -0.1) is 0 Å². The molecule has 3 aromatic rings. The van der Waals surface area contributed by atoms with Gasteiger partial charge in [-0.3, -0.25) is 0 Å². The molecule has 0 spiro atoms. The number of aromatic nitrogens is 2. The lowest BCUT2D eigenvalue weighted by atomic mass is 10.0. The molecule has 1 N–H and O–H groups in total. The standard InChI is InChI=1S/C21H22BrN3/c1-14-7-5-11-19(15(14)2)25-21-18(10-3-4-12-23-21)20(24-25)16-8-6-9-17(22)13-16/h5-9,11,13,23H,3-4,10,12H2,1-2H3. The minimum absolute atomic E-state index is 1.00. The van der Waals surface area contributed by atoms with Crippen LogP contribution >= 0.6 is 15.9 Å². The van der Waals surface area contributed by atoms with Gasteiger partial charge in [0, 0.05) is 22.1 Å². The second kappa shape index (κ2) is 6.68. The first-order chi connectivity index (χ1) is 12.1. The van der Waals surface area contributed by atoms with Gasteiger partial charge in [0.05, 0.1) is 11.4 Å². The first-order valence-electron chi connectivity index (χ1n) is 8.83. The summed E-state index contributed by atoms with van der Waals surface area (Å²) in [6.45, 7) is 5.33. The smallest absolute Gasteiger partial charge is 0.133 e. The number of hydrogen-bond acceptors (Lipinski definition) is 2. The molecule has 1 aliphatic rings. The Labute approximate surface area is 157 Å². The second-order valence-electron chi connectivity index (χ2n) is 6.70. The Balaban J connectivity index is 1.95. The average Bonchev–Trinajstić information content (AvgIpc) is 2.79. The van der Waals surface area contributed by atoms with Gasteiger partial charge in [0.15, 0.2) is 0 Å². The number of hydrogen-bond donors (Lipinski definition) is 1. The molecule has 0 saturated carbocycles. The molecule has 0 fully saturated rings. The molecular formula is C21H22BrN3. The van der Waals surface area contributed by atoms with Crippen LogP contribution in [0.2, 0.25) is 0 Å². The normalized spacial score (nSPS) is 13.9. The number of nitrogens with zero attached hydrogens (tertiary/aromatic N) is 2. The van der Waals surface area contributed by atoms with Gasteiger partial charge < -0.3 is 5.32 Å². The molecule has 4 heteroatoms. The fraction of sp³-hybridized carbons (Fsp3) is 0.286. The molecule has 1 aliphatic heterocycles. The van der Waals surface area contributed by atoms with Gasteiger partial charge in [-0.2, -0.15) is 5.10 Å². The summed E-state index contributed by atoms with van der Waals surface area (Å²) < 4.78 is 3.20. The van der Waals surface area contributed by atoms with Crippen LogP contribution in [0.1, 0.15) is 29.5 Å². The molecule has 0 aliphatic carbocycles. The summed E-state index contributed by atoms with van der Waals surface area (Å²) in [5.41, 5.74) is 7.31. The molecule has 128 valence electrons. The van der Waals surface area contributed by atoms with E-state index in [-0.39, 0.29) is 0 Å². The highest BCUT2D eigenvalue weighted by atomic mass is 79.9. The minimum atomic E-state index is 1.00. The van der Waals surface area contributed by atoms with Crippen LogP contribution in [0.15, 0.2) is 46.9 Å². The van der Waals surface area contributed by atoms with E-state index in [1.807, 2.05) is 0 Å². The maximum absolute atomic E-state index is 5.05. The fourth-order valence-electron chi connectivity index (χ4n) is 3.51. The van der Waals surface area contributed by atoms with Gasteiger partial charge in [0.25, 0.3) is 0 Å². The van der Waals surface area contributed by atoms with Crippen molar-refractivity contribution in [2.75, 3.05) is 11.9 Å². The van der Waals surface area contributed by atoms with Crippen molar-refractivity contribution >= 4 is 21.7 Å². The molecule has 1 aromatic heterocycles. The van der Waals surface area contributed by atoms with Crippen molar-refractivity contribution in [3.05, 3.63) is 63.6 Å². The Morgan fingerprint density at radius 1 is 1.08 bits per heavy atom. The van der Waals surface area contributed by atoms with Crippen molar-refractivity contribution in [3.63, 3.8) is 0 Å². The van der Waals surface area contributed by atoms with E-state index in [0.717, 1.165) is 34.6 Å². The number of halogens is 1. The van der Waals surface area contributed by atoms with Gasteiger partial charge in [0.2, 0.25) is 0 Å². The third kappa shape index (κ3) is 2.99. The Morgan fingerprint density at radius 2 is 1.92 bits per heavy atom. The van der Waals surface area contributed by atoms with E-state index in [4.69, 9.17) is 5.10 Å². The van der Waals surface area contributed by atoms with Crippen molar-refractivity contribution in [2.24, 2.45) is 0 Å². The van der Waals surface area contributed by atoms with E-state index < -0.39 is 0 Å². The highest BCUT2D eigenvalue weighted by Gasteiger charge is 2.22. The summed E-state index contributed by atoms with van der Waals surface area (Å²) in [5, 5.41) is 8.68. The Morgan fingerprint density at radius 3 is 2.76 bits per heavy atom.